The van der Waals surface area contributed by atoms with E-state index in [1.54, 1.807) is 17.0 Å². The highest BCUT2D eigenvalue weighted by Crippen LogP contribution is 2.36. The summed E-state index contributed by atoms with van der Waals surface area (Å²) in [5.74, 6) is 0.239. The van der Waals surface area contributed by atoms with Gasteiger partial charge in [0, 0.05) is 99.7 Å². The van der Waals surface area contributed by atoms with Gasteiger partial charge in [-0.25, -0.2) is 24.1 Å². The molecule has 0 unspecified atom stereocenters. The molecule has 7 heterocycles. The minimum Gasteiger partial charge on any atom is -0.474 e. The Morgan fingerprint density at radius 1 is 0.965 bits per heavy atom. The number of carbonyl (C=O) groups is 3. The molecule has 296 valence electrons. The van der Waals surface area contributed by atoms with Gasteiger partial charge in [0.1, 0.15) is 18.1 Å². The van der Waals surface area contributed by atoms with Crippen LogP contribution in [-0.4, -0.2) is 114 Å². The van der Waals surface area contributed by atoms with Crippen molar-refractivity contribution in [2.24, 2.45) is 0 Å². The van der Waals surface area contributed by atoms with Gasteiger partial charge in [0.05, 0.1) is 30.5 Å². The van der Waals surface area contributed by atoms with Crippen LogP contribution >= 0.6 is 0 Å². The van der Waals surface area contributed by atoms with Crippen LogP contribution in [0.2, 0.25) is 0 Å². The van der Waals surface area contributed by atoms with Crippen molar-refractivity contribution in [2.45, 2.75) is 51.7 Å². The lowest BCUT2D eigenvalue weighted by Crippen LogP contribution is -2.65. The van der Waals surface area contributed by atoms with Crippen LogP contribution in [0.5, 0.6) is 5.88 Å². The van der Waals surface area contributed by atoms with Gasteiger partial charge in [-0.1, -0.05) is 6.07 Å². The third-order valence-electron chi connectivity index (χ3n) is 11.8. The van der Waals surface area contributed by atoms with Crippen LogP contribution in [0, 0.1) is 12.7 Å². The SMILES string of the molecule is Cc1c(N2CCc3cnc(Nc4ccc(CC(=O)N5CCN(C6CN(c7ccc(N8CCC(=O)NC8=O)cc7)C6)C[C@H]5C)c(F)c4)nc3C2)cnc2c1NCCO2. The van der Waals surface area contributed by atoms with Gasteiger partial charge in [0.2, 0.25) is 23.6 Å². The van der Waals surface area contributed by atoms with Gasteiger partial charge in [-0.05, 0) is 67.8 Å². The summed E-state index contributed by atoms with van der Waals surface area (Å²) in [5.41, 5.74) is 7.76. The second-order valence-corrected chi connectivity index (χ2v) is 15.4. The molecule has 0 radical (unpaired) electrons. The van der Waals surface area contributed by atoms with E-state index in [0.29, 0.717) is 61.8 Å². The molecule has 3 fully saturated rings. The molecule has 0 aliphatic carbocycles. The molecule has 9 rings (SSSR count). The van der Waals surface area contributed by atoms with Crippen molar-refractivity contribution in [2.75, 3.05) is 84.3 Å². The lowest BCUT2D eigenvalue weighted by molar-refractivity contribution is -0.135. The van der Waals surface area contributed by atoms with Crippen LogP contribution in [0.15, 0.2) is 54.9 Å². The zero-order valence-electron chi connectivity index (χ0n) is 32.1. The van der Waals surface area contributed by atoms with Crippen LogP contribution < -0.4 is 35.4 Å². The molecule has 5 aliphatic rings. The molecule has 2 aromatic carbocycles. The van der Waals surface area contributed by atoms with Crippen LogP contribution in [-0.2, 0) is 29.0 Å². The van der Waals surface area contributed by atoms with Crippen LogP contribution in [0.25, 0.3) is 0 Å². The molecule has 0 bridgehead atoms. The van der Waals surface area contributed by atoms with Crippen molar-refractivity contribution in [1.82, 2.24) is 30.1 Å². The first-order valence-corrected chi connectivity index (χ1v) is 19.7. The van der Waals surface area contributed by atoms with Crippen LogP contribution in [0.1, 0.15) is 35.7 Å². The fraction of sp³-hybridized carbons (Fsp3) is 0.415. The predicted molar refractivity (Wildman–Crippen MR) is 214 cm³/mol. The lowest BCUT2D eigenvalue weighted by atomic mass is 10.0. The minimum atomic E-state index is -0.450. The number of piperazine rings is 1. The van der Waals surface area contributed by atoms with E-state index < -0.39 is 5.82 Å². The Bertz CT molecular complexity index is 2220. The third-order valence-corrected chi connectivity index (χ3v) is 11.8. The molecule has 3 saturated heterocycles. The molecule has 1 atom stereocenters. The fourth-order valence-electron chi connectivity index (χ4n) is 8.50. The summed E-state index contributed by atoms with van der Waals surface area (Å²) in [5, 5.41) is 8.93. The second kappa shape index (κ2) is 15.1. The summed E-state index contributed by atoms with van der Waals surface area (Å²) in [6.07, 6.45) is 4.78. The van der Waals surface area contributed by atoms with Gasteiger partial charge >= 0.3 is 6.03 Å². The number of imide groups is 1. The number of halogens is 1. The van der Waals surface area contributed by atoms with Crippen molar-refractivity contribution in [3.05, 3.63) is 83.1 Å². The molecule has 0 spiro atoms. The van der Waals surface area contributed by atoms with Crippen LogP contribution in [0.4, 0.5) is 43.6 Å². The maximum Gasteiger partial charge on any atom is 0.328 e. The molecule has 15 nitrogen and oxygen atoms in total. The Balaban J connectivity index is 0.761. The van der Waals surface area contributed by atoms with E-state index in [4.69, 9.17) is 9.72 Å². The number of nitrogens with one attached hydrogen (secondary N) is 3. The van der Waals surface area contributed by atoms with E-state index in [-0.39, 0.29) is 30.3 Å². The molecule has 4 aromatic rings. The van der Waals surface area contributed by atoms with E-state index in [1.807, 2.05) is 41.6 Å². The quantitative estimate of drug-likeness (QED) is 0.239. The Labute approximate surface area is 330 Å². The molecule has 16 heteroatoms. The first kappa shape index (κ1) is 36.6. The number of benzene rings is 2. The van der Waals surface area contributed by atoms with E-state index in [2.05, 4.69) is 54.5 Å². The number of fused-ring (bicyclic) bond motifs is 2. The predicted octanol–water partition coefficient (Wildman–Crippen LogP) is 3.84. The molecular weight excluding hydrogens is 730 g/mol. The molecule has 5 aliphatic heterocycles. The molecule has 0 saturated carbocycles. The number of carbonyl (C=O) groups excluding carboxylic acids is 3. The van der Waals surface area contributed by atoms with Gasteiger partial charge < -0.3 is 30.1 Å². The number of hydrogen-bond donors (Lipinski definition) is 3. The summed E-state index contributed by atoms with van der Waals surface area (Å²) < 4.78 is 21.2. The van der Waals surface area contributed by atoms with E-state index in [9.17, 15) is 14.4 Å². The first-order valence-electron chi connectivity index (χ1n) is 19.7. The average Bonchev–Trinajstić information content (AvgIpc) is 3.19. The van der Waals surface area contributed by atoms with Gasteiger partial charge in [-0.15, -0.1) is 0 Å². The van der Waals surface area contributed by atoms with Crippen molar-refractivity contribution in [3.63, 3.8) is 0 Å². The number of amides is 4. The summed E-state index contributed by atoms with van der Waals surface area (Å²) in [6, 6.07) is 12.7. The number of nitrogens with zero attached hydrogens (tertiary/aromatic N) is 8. The Hall–Kier alpha value is -6.03. The normalized spacial score (nSPS) is 19.9. The lowest BCUT2D eigenvalue weighted by Gasteiger charge is -2.50. The second-order valence-electron chi connectivity index (χ2n) is 15.4. The summed E-state index contributed by atoms with van der Waals surface area (Å²) in [7, 11) is 0. The average molecular weight is 776 g/mol. The van der Waals surface area contributed by atoms with Crippen molar-refractivity contribution < 1.29 is 23.5 Å². The van der Waals surface area contributed by atoms with Gasteiger partial charge in [0.15, 0.2) is 0 Å². The van der Waals surface area contributed by atoms with Crippen LogP contribution in [0.3, 0.4) is 0 Å². The Kier molecular flexibility index (Phi) is 9.72. The zero-order valence-corrected chi connectivity index (χ0v) is 32.1. The minimum absolute atomic E-state index is 0.00124. The van der Waals surface area contributed by atoms with Gasteiger partial charge in [-0.3, -0.25) is 24.7 Å². The summed E-state index contributed by atoms with van der Waals surface area (Å²) in [4.78, 5) is 61.5. The highest BCUT2D eigenvalue weighted by atomic mass is 19.1. The molecule has 3 N–H and O–H groups in total. The highest BCUT2D eigenvalue weighted by Gasteiger charge is 2.37. The van der Waals surface area contributed by atoms with Crippen molar-refractivity contribution in [1.29, 1.82) is 0 Å². The smallest absolute Gasteiger partial charge is 0.328 e. The summed E-state index contributed by atoms with van der Waals surface area (Å²) in [6.45, 7) is 11.1. The number of ether oxygens (including phenoxy) is 1. The maximum absolute atomic E-state index is 15.5. The molecule has 57 heavy (non-hydrogen) atoms. The van der Waals surface area contributed by atoms with Gasteiger partial charge in [-0.2, -0.15) is 0 Å². The molecule has 4 amide bonds. The summed E-state index contributed by atoms with van der Waals surface area (Å²) >= 11 is 0. The first-order chi connectivity index (χ1) is 27.7. The number of rotatable bonds is 8. The highest BCUT2D eigenvalue weighted by molar-refractivity contribution is 6.05. The topological polar surface area (TPSA) is 151 Å². The third kappa shape index (κ3) is 7.36. The fourth-order valence-corrected chi connectivity index (χ4v) is 8.50. The maximum atomic E-state index is 15.5. The standard InChI is InChI=1S/C41H46FN11O4/c1-25-21-49(32-22-51(23-32)30-5-7-31(8-6-30)53-13-10-36(54)48-41(53)56)14-15-52(25)37(55)17-27-3-4-29(18-33(27)42)46-40-45-19-28-9-12-50(24-34(28)47-40)35-20-44-39-38(26(35)2)43-11-16-57-39/h3-8,18-20,25,32,43H,9-17,21-24H2,1-2H3,(H,45,46,47)(H,48,54,56)/t25-/m1/s1. The number of pyridine rings is 1. The zero-order chi connectivity index (χ0) is 39.2. The number of aromatic nitrogens is 3. The number of anilines is 6. The molecule has 2 aromatic heterocycles. The van der Waals surface area contributed by atoms with Gasteiger partial charge in [0.25, 0.3) is 0 Å². The Morgan fingerprint density at radius 3 is 2.58 bits per heavy atom. The molecular formula is C41H46FN11O4. The van der Waals surface area contributed by atoms with Crippen molar-refractivity contribution >= 4 is 52.2 Å². The van der Waals surface area contributed by atoms with E-state index >= 15 is 4.39 Å². The number of urea groups is 1. The van der Waals surface area contributed by atoms with E-state index in [0.717, 1.165) is 85.3 Å². The van der Waals surface area contributed by atoms with Crippen molar-refractivity contribution in [3.8, 4) is 5.88 Å². The Morgan fingerprint density at radius 2 is 1.79 bits per heavy atom. The monoisotopic (exact) mass is 775 g/mol. The number of hydrogen-bond acceptors (Lipinski definition) is 12. The van der Waals surface area contributed by atoms with E-state index in [1.165, 1.54) is 6.07 Å². The largest absolute Gasteiger partial charge is 0.474 e.